The molecule has 2 aromatic heterocycles. The van der Waals surface area contributed by atoms with Crippen molar-refractivity contribution in [3.05, 3.63) is 66.9 Å². The average Bonchev–Trinajstić information content (AvgIpc) is 3.11. The van der Waals surface area contributed by atoms with Crippen LogP contribution in [-0.4, -0.2) is 31.2 Å². The third kappa shape index (κ3) is 3.68. The predicted octanol–water partition coefficient (Wildman–Crippen LogP) is 4.59. The van der Waals surface area contributed by atoms with Crippen molar-refractivity contribution in [3.8, 4) is 28.3 Å². The first-order valence-corrected chi connectivity index (χ1v) is 10.6. The van der Waals surface area contributed by atoms with Crippen molar-refractivity contribution in [2.24, 2.45) is 0 Å². The summed E-state index contributed by atoms with van der Waals surface area (Å²) in [4.78, 5) is 0.792. The molecule has 0 aliphatic heterocycles. The second kappa shape index (κ2) is 7.56. The van der Waals surface area contributed by atoms with Crippen LogP contribution in [0.1, 0.15) is 13.8 Å². The first-order chi connectivity index (χ1) is 13.5. The van der Waals surface area contributed by atoms with E-state index in [1.807, 2.05) is 79.0 Å². The van der Waals surface area contributed by atoms with E-state index in [1.165, 1.54) is 0 Å². The molecule has 0 fully saturated rings. The number of hydrogen-bond donors (Lipinski definition) is 0. The third-order valence-electron chi connectivity index (χ3n) is 4.39. The van der Waals surface area contributed by atoms with Crippen LogP contribution in [0.5, 0.6) is 5.75 Å². The van der Waals surface area contributed by atoms with Crippen LogP contribution in [0.4, 0.5) is 0 Å². The van der Waals surface area contributed by atoms with Crippen molar-refractivity contribution in [2.45, 2.75) is 24.8 Å². The lowest BCUT2D eigenvalue weighted by Crippen LogP contribution is -2.05. The normalized spacial score (nSPS) is 12.4. The number of fused-ring (bicyclic) bond motifs is 1. The van der Waals surface area contributed by atoms with Crippen LogP contribution in [0.2, 0.25) is 0 Å². The fraction of sp³-hybridized carbons (Fsp3) is 0.182. The molecule has 0 unspecified atom stereocenters. The highest BCUT2D eigenvalue weighted by atomic mass is 32.2. The lowest BCUT2D eigenvalue weighted by molar-refractivity contribution is 0.242. The third-order valence-corrected chi connectivity index (χ3v) is 5.32. The van der Waals surface area contributed by atoms with Gasteiger partial charge in [0.1, 0.15) is 5.75 Å². The molecule has 0 aliphatic carbocycles. The van der Waals surface area contributed by atoms with Crippen LogP contribution in [0, 0.1) is 0 Å². The Kier molecular flexibility index (Phi) is 4.96. The molecule has 0 amide bonds. The van der Waals surface area contributed by atoms with E-state index in [0.717, 1.165) is 38.8 Å². The number of nitrogens with zero attached hydrogens (tertiary/aromatic N) is 3. The summed E-state index contributed by atoms with van der Waals surface area (Å²) in [6, 6.07) is 19.6. The summed E-state index contributed by atoms with van der Waals surface area (Å²) in [5.41, 5.74) is 3.82. The summed E-state index contributed by atoms with van der Waals surface area (Å²) in [5, 5.41) is 8.62. The summed E-state index contributed by atoms with van der Waals surface area (Å²) >= 11 is 0. The zero-order valence-electron chi connectivity index (χ0n) is 16.0. The zero-order chi connectivity index (χ0) is 19.7. The van der Waals surface area contributed by atoms with Crippen molar-refractivity contribution >= 4 is 16.4 Å². The first kappa shape index (κ1) is 18.4. The van der Waals surface area contributed by atoms with E-state index in [0.29, 0.717) is 0 Å². The summed E-state index contributed by atoms with van der Waals surface area (Å²) in [7, 11) is -1.00. The lowest BCUT2D eigenvalue weighted by Gasteiger charge is -2.11. The Hall–Kier alpha value is -2.99. The number of aromatic nitrogens is 3. The highest BCUT2D eigenvalue weighted by Crippen LogP contribution is 2.27. The first-order valence-electron chi connectivity index (χ1n) is 9.07. The molecule has 2 aromatic carbocycles. The van der Waals surface area contributed by atoms with Gasteiger partial charge in [-0.05, 0) is 73.5 Å². The molecule has 6 heteroatoms. The summed E-state index contributed by atoms with van der Waals surface area (Å²) in [6.45, 7) is 4.03. The molecular formula is C22H21N3O2S. The minimum atomic E-state index is -1.00. The molecular weight excluding hydrogens is 370 g/mol. The van der Waals surface area contributed by atoms with Gasteiger partial charge in [-0.3, -0.25) is 8.61 Å². The van der Waals surface area contributed by atoms with E-state index in [1.54, 1.807) is 6.26 Å². The molecule has 0 N–H and O–H groups in total. The standard InChI is InChI=1S/C22H21N3O2S/c1-15(2)27-19-6-4-5-17(13-19)18-9-12-21-23-24-22(25(21)14-18)16-7-10-20(11-8-16)28(3)26/h4-15H,1-3H3/t28-/m0/s1. The van der Waals surface area contributed by atoms with E-state index in [-0.39, 0.29) is 6.10 Å². The molecule has 0 spiro atoms. The van der Waals surface area contributed by atoms with Gasteiger partial charge in [0.05, 0.1) is 6.10 Å². The monoisotopic (exact) mass is 391 g/mol. The van der Waals surface area contributed by atoms with Crippen LogP contribution in [0.25, 0.3) is 28.2 Å². The van der Waals surface area contributed by atoms with Gasteiger partial charge >= 0.3 is 0 Å². The minimum Gasteiger partial charge on any atom is -0.491 e. The van der Waals surface area contributed by atoms with E-state index in [4.69, 9.17) is 4.74 Å². The van der Waals surface area contributed by atoms with Crippen LogP contribution in [-0.2, 0) is 10.8 Å². The maximum absolute atomic E-state index is 11.6. The fourth-order valence-electron chi connectivity index (χ4n) is 3.08. The second-order valence-corrected chi connectivity index (χ2v) is 8.22. The molecule has 142 valence electrons. The predicted molar refractivity (Wildman–Crippen MR) is 112 cm³/mol. The number of pyridine rings is 1. The van der Waals surface area contributed by atoms with Gasteiger partial charge in [-0.2, -0.15) is 0 Å². The summed E-state index contributed by atoms with van der Waals surface area (Å²) in [5.74, 6) is 1.60. The molecule has 4 aromatic rings. The molecule has 0 saturated carbocycles. The van der Waals surface area contributed by atoms with Crippen molar-refractivity contribution < 1.29 is 8.95 Å². The van der Waals surface area contributed by atoms with Gasteiger partial charge in [0.25, 0.3) is 0 Å². The minimum absolute atomic E-state index is 0.127. The topological polar surface area (TPSA) is 56.5 Å². The maximum atomic E-state index is 11.6. The van der Waals surface area contributed by atoms with Crippen LogP contribution in [0.3, 0.4) is 0 Å². The maximum Gasteiger partial charge on any atom is 0.168 e. The van der Waals surface area contributed by atoms with Crippen LogP contribution >= 0.6 is 0 Å². The molecule has 0 radical (unpaired) electrons. The number of rotatable bonds is 5. The van der Waals surface area contributed by atoms with Gasteiger partial charge < -0.3 is 4.74 Å². The SMILES string of the molecule is CC(C)Oc1cccc(-c2ccc3nnc(-c4ccc([S@](C)=O)cc4)n3c2)c1. The van der Waals surface area contributed by atoms with Gasteiger partial charge in [0.2, 0.25) is 0 Å². The van der Waals surface area contributed by atoms with Gasteiger partial charge in [0.15, 0.2) is 11.5 Å². The summed E-state index contributed by atoms with van der Waals surface area (Å²) < 4.78 is 19.4. The van der Waals surface area contributed by atoms with Crippen molar-refractivity contribution in [2.75, 3.05) is 6.26 Å². The average molecular weight is 391 g/mol. The van der Waals surface area contributed by atoms with Crippen molar-refractivity contribution in [3.63, 3.8) is 0 Å². The van der Waals surface area contributed by atoms with Gasteiger partial charge in [-0.25, -0.2) is 0 Å². The van der Waals surface area contributed by atoms with Gasteiger partial charge in [-0.1, -0.05) is 12.1 Å². The molecule has 0 bridgehead atoms. The van der Waals surface area contributed by atoms with Crippen LogP contribution in [0.15, 0.2) is 71.8 Å². The molecule has 5 nitrogen and oxygen atoms in total. The quantitative estimate of drug-likeness (QED) is 0.499. The Labute approximate surface area is 166 Å². The number of hydrogen-bond acceptors (Lipinski definition) is 4. The lowest BCUT2D eigenvalue weighted by atomic mass is 10.1. The van der Waals surface area contributed by atoms with E-state index in [2.05, 4.69) is 16.3 Å². The van der Waals surface area contributed by atoms with Gasteiger partial charge in [0, 0.05) is 33.7 Å². The Balaban J connectivity index is 1.75. The molecule has 0 saturated heterocycles. The summed E-state index contributed by atoms with van der Waals surface area (Å²) in [6.07, 6.45) is 3.83. The largest absolute Gasteiger partial charge is 0.491 e. The van der Waals surface area contributed by atoms with Crippen LogP contribution < -0.4 is 4.74 Å². The molecule has 2 heterocycles. The molecule has 4 rings (SSSR count). The van der Waals surface area contributed by atoms with E-state index < -0.39 is 10.8 Å². The highest BCUT2D eigenvalue weighted by Gasteiger charge is 2.10. The number of ether oxygens (including phenoxy) is 1. The second-order valence-electron chi connectivity index (χ2n) is 6.84. The Morgan fingerprint density at radius 3 is 2.39 bits per heavy atom. The zero-order valence-corrected chi connectivity index (χ0v) is 16.8. The van der Waals surface area contributed by atoms with E-state index in [9.17, 15) is 4.21 Å². The Morgan fingerprint density at radius 1 is 0.929 bits per heavy atom. The Bertz CT molecular complexity index is 1150. The van der Waals surface area contributed by atoms with Crippen molar-refractivity contribution in [1.29, 1.82) is 0 Å². The fourth-order valence-corrected chi connectivity index (χ4v) is 3.59. The number of benzene rings is 2. The van der Waals surface area contributed by atoms with Crippen molar-refractivity contribution in [1.82, 2.24) is 14.6 Å². The Morgan fingerprint density at radius 2 is 1.68 bits per heavy atom. The highest BCUT2D eigenvalue weighted by molar-refractivity contribution is 7.84. The van der Waals surface area contributed by atoms with Gasteiger partial charge in [-0.15, -0.1) is 10.2 Å². The van der Waals surface area contributed by atoms with E-state index >= 15 is 0 Å². The smallest absolute Gasteiger partial charge is 0.168 e. The molecule has 28 heavy (non-hydrogen) atoms. The molecule has 0 aliphatic rings. The molecule has 1 atom stereocenters.